The molecule has 0 unspecified atom stereocenters. The highest BCUT2D eigenvalue weighted by Gasteiger charge is 2.08. The van der Waals surface area contributed by atoms with Crippen LogP contribution in [-0.4, -0.2) is 12.2 Å². The van der Waals surface area contributed by atoms with Crippen LogP contribution < -0.4 is 15.4 Å². The highest BCUT2D eigenvalue weighted by molar-refractivity contribution is 7.80. The lowest BCUT2D eigenvalue weighted by molar-refractivity contribution is 0.414. The number of hydrogen-bond acceptors (Lipinski definition) is 2. The van der Waals surface area contributed by atoms with Crippen molar-refractivity contribution in [3.8, 4) is 5.75 Å². The van der Waals surface area contributed by atoms with E-state index in [4.69, 9.17) is 28.6 Å². The van der Waals surface area contributed by atoms with Crippen LogP contribution >= 0.6 is 23.8 Å². The van der Waals surface area contributed by atoms with Crippen LogP contribution in [0.1, 0.15) is 18.5 Å². The molecule has 110 valence electrons. The van der Waals surface area contributed by atoms with Gasteiger partial charge in [0.05, 0.1) is 23.9 Å². The van der Waals surface area contributed by atoms with Crippen molar-refractivity contribution in [3.63, 3.8) is 0 Å². The summed E-state index contributed by atoms with van der Waals surface area (Å²) in [4.78, 5) is 0. The Kier molecular flexibility index (Phi) is 5.42. The van der Waals surface area contributed by atoms with E-state index in [2.05, 4.69) is 10.6 Å². The molecule has 0 saturated heterocycles. The van der Waals surface area contributed by atoms with E-state index < -0.39 is 0 Å². The average molecular weight is 321 g/mol. The number of halogens is 1. The van der Waals surface area contributed by atoms with E-state index in [1.165, 1.54) is 0 Å². The molecule has 0 aliphatic rings. The van der Waals surface area contributed by atoms with Crippen LogP contribution in [0.2, 0.25) is 5.02 Å². The molecule has 5 heteroatoms. The molecule has 0 heterocycles. The molecule has 2 aromatic carbocycles. The summed E-state index contributed by atoms with van der Waals surface area (Å²) in [6, 6.07) is 15.4. The van der Waals surface area contributed by atoms with E-state index in [0.29, 0.717) is 10.1 Å². The minimum absolute atomic E-state index is 0.0818. The SMILES string of the molecule is COc1ccc([C@@H](C)NC(=S)Nc2ccccc2Cl)cc1. The van der Waals surface area contributed by atoms with Crippen LogP contribution in [0.4, 0.5) is 5.69 Å². The Morgan fingerprint density at radius 2 is 1.81 bits per heavy atom. The highest BCUT2D eigenvalue weighted by Crippen LogP contribution is 2.21. The maximum Gasteiger partial charge on any atom is 0.171 e. The fourth-order valence-corrected chi connectivity index (χ4v) is 2.36. The summed E-state index contributed by atoms with van der Waals surface area (Å²) in [7, 11) is 1.65. The zero-order valence-corrected chi connectivity index (χ0v) is 13.5. The van der Waals surface area contributed by atoms with Crippen molar-refractivity contribution >= 4 is 34.6 Å². The maximum absolute atomic E-state index is 6.09. The fraction of sp³-hybridized carbons (Fsp3) is 0.188. The Labute approximate surface area is 135 Å². The maximum atomic E-state index is 6.09. The van der Waals surface area contributed by atoms with Crippen molar-refractivity contribution in [2.45, 2.75) is 13.0 Å². The van der Waals surface area contributed by atoms with E-state index in [-0.39, 0.29) is 6.04 Å². The molecule has 0 spiro atoms. The first-order chi connectivity index (χ1) is 10.1. The van der Waals surface area contributed by atoms with Gasteiger partial charge < -0.3 is 15.4 Å². The Bertz CT molecular complexity index is 616. The molecule has 0 aromatic heterocycles. The third-order valence-corrected chi connectivity index (χ3v) is 3.63. The van der Waals surface area contributed by atoms with Crippen molar-refractivity contribution in [2.75, 3.05) is 12.4 Å². The van der Waals surface area contributed by atoms with Crippen molar-refractivity contribution < 1.29 is 4.74 Å². The molecule has 21 heavy (non-hydrogen) atoms. The molecule has 0 bridgehead atoms. The van der Waals surface area contributed by atoms with Crippen LogP contribution in [0.15, 0.2) is 48.5 Å². The van der Waals surface area contributed by atoms with Gasteiger partial charge in [0.15, 0.2) is 5.11 Å². The van der Waals surface area contributed by atoms with Crippen molar-refractivity contribution in [3.05, 3.63) is 59.1 Å². The van der Waals surface area contributed by atoms with Gasteiger partial charge >= 0.3 is 0 Å². The van der Waals surface area contributed by atoms with E-state index in [9.17, 15) is 0 Å². The van der Waals surface area contributed by atoms with Gasteiger partial charge in [0.2, 0.25) is 0 Å². The monoisotopic (exact) mass is 320 g/mol. The fourth-order valence-electron chi connectivity index (χ4n) is 1.89. The Morgan fingerprint density at radius 3 is 2.43 bits per heavy atom. The zero-order chi connectivity index (χ0) is 15.2. The lowest BCUT2D eigenvalue weighted by atomic mass is 10.1. The minimum Gasteiger partial charge on any atom is -0.497 e. The summed E-state index contributed by atoms with van der Waals surface area (Å²) in [5.41, 5.74) is 1.91. The molecule has 0 fully saturated rings. The molecule has 0 aliphatic heterocycles. The second-order valence-electron chi connectivity index (χ2n) is 4.57. The third-order valence-electron chi connectivity index (χ3n) is 3.09. The lowest BCUT2D eigenvalue weighted by Crippen LogP contribution is -2.30. The number of para-hydroxylation sites is 1. The summed E-state index contributed by atoms with van der Waals surface area (Å²) in [5, 5.41) is 7.50. The van der Waals surface area contributed by atoms with Gasteiger partial charge in [-0.15, -0.1) is 0 Å². The summed E-state index contributed by atoms with van der Waals surface area (Å²) >= 11 is 11.4. The minimum atomic E-state index is 0.0818. The molecule has 2 N–H and O–H groups in total. The van der Waals surface area contributed by atoms with Crippen LogP contribution in [-0.2, 0) is 0 Å². The van der Waals surface area contributed by atoms with Crippen LogP contribution in [0, 0.1) is 0 Å². The number of ether oxygens (including phenoxy) is 1. The molecule has 0 amide bonds. The standard InChI is InChI=1S/C16H17ClN2OS/c1-11(12-7-9-13(20-2)10-8-12)18-16(21)19-15-6-4-3-5-14(15)17/h3-11H,1-2H3,(H2,18,19,21)/t11-/m1/s1. The van der Waals surface area contributed by atoms with Crippen molar-refractivity contribution in [1.82, 2.24) is 5.32 Å². The normalized spacial score (nSPS) is 11.6. The lowest BCUT2D eigenvalue weighted by Gasteiger charge is -2.18. The largest absolute Gasteiger partial charge is 0.497 e. The Balaban J connectivity index is 1.97. The van der Waals surface area contributed by atoms with Crippen LogP contribution in [0.25, 0.3) is 0 Å². The van der Waals surface area contributed by atoms with Gasteiger partial charge in [-0.1, -0.05) is 35.9 Å². The Hall–Kier alpha value is -1.78. The molecule has 0 radical (unpaired) electrons. The summed E-state index contributed by atoms with van der Waals surface area (Å²) in [6.07, 6.45) is 0. The first-order valence-corrected chi connectivity index (χ1v) is 7.35. The third kappa shape index (κ3) is 4.34. The van der Waals surface area contributed by atoms with E-state index in [1.54, 1.807) is 7.11 Å². The van der Waals surface area contributed by atoms with Gasteiger partial charge in [-0.2, -0.15) is 0 Å². The topological polar surface area (TPSA) is 33.3 Å². The number of benzene rings is 2. The first kappa shape index (κ1) is 15.6. The second-order valence-corrected chi connectivity index (χ2v) is 5.39. The van der Waals surface area contributed by atoms with Gasteiger partial charge in [-0.3, -0.25) is 0 Å². The molecular formula is C16H17ClN2OS. The molecular weight excluding hydrogens is 304 g/mol. The van der Waals surface area contributed by atoms with Crippen LogP contribution in [0.3, 0.4) is 0 Å². The highest BCUT2D eigenvalue weighted by atomic mass is 35.5. The quantitative estimate of drug-likeness (QED) is 0.818. The van der Waals surface area contributed by atoms with Gasteiger partial charge in [0.25, 0.3) is 0 Å². The van der Waals surface area contributed by atoms with Crippen LogP contribution in [0.5, 0.6) is 5.75 Å². The molecule has 0 saturated carbocycles. The van der Waals surface area contributed by atoms with E-state index >= 15 is 0 Å². The number of hydrogen-bond donors (Lipinski definition) is 2. The number of methoxy groups -OCH3 is 1. The summed E-state index contributed by atoms with van der Waals surface area (Å²) in [6.45, 7) is 2.04. The molecule has 3 nitrogen and oxygen atoms in total. The van der Waals surface area contributed by atoms with Crippen molar-refractivity contribution in [1.29, 1.82) is 0 Å². The van der Waals surface area contributed by atoms with E-state index in [1.807, 2.05) is 55.5 Å². The molecule has 2 rings (SSSR count). The average Bonchev–Trinajstić information content (AvgIpc) is 2.49. The number of rotatable bonds is 4. The van der Waals surface area contributed by atoms with Gasteiger partial charge in [-0.25, -0.2) is 0 Å². The second kappa shape index (κ2) is 7.29. The van der Waals surface area contributed by atoms with Crippen molar-refractivity contribution in [2.24, 2.45) is 0 Å². The Morgan fingerprint density at radius 1 is 1.14 bits per heavy atom. The smallest absolute Gasteiger partial charge is 0.171 e. The number of anilines is 1. The summed E-state index contributed by atoms with van der Waals surface area (Å²) < 4.78 is 5.15. The molecule has 2 aromatic rings. The number of thiocarbonyl (C=S) groups is 1. The molecule has 1 atom stereocenters. The van der Waals surface area contributed by atoms with Gasteiger partial charge in [0.1, 0.15) is 5.75 Å². The van der Waals surface area contributed by atoms with Gasteiger partial charge in [-0.05, 0) is 49.0 Å². The number of nitrogens with one attached hydrogen (secondary N) is 2. The van der Waals surface area contributed by atoms with Gasteiger partial charge in [0, 0.05) is 0 Å². The molecule has 0 aliphatic carbocycles. The predicted octanol–water partition coefficient (Wildman–Crippen LogP) is 4.40. The first-order valence-electron chi connectivity index (χ1n) is 6.56. The summed E-state index contributed by atoms with van der Waals surface area (Å²) in [5.74, 6) is 0.836. The predicted molar refractivity (Wildman–Crippen MR) is 92.2 cm³/mol. The van der Waals surface area contributed by atoms with E-state index in [0.717, 1.165) is 17.0 Å². The zero-order valence-electron chi connectivity index (χ0n) is 11.9.